The van der Waals surface area contributed by atoms with Crippen molar-refractivity contribution in [1.82, 2.24) is 9.97 Å². The maximum atomic E-state index is 13.1. The van der Waals surface area contributed by atoms with Crippen molar-refractivity contribution >= 4 is 22.7 Å². The van der Waals surface area contributed by atoms with Crippen molar-refractivity contribution in [3.63, 3.8) is 0 Å². The van der Waals surface area contributed by atoms with Gasteiger partial charge in [0.2, 0.25) is 0 Å². The second kappa shape index (κ2) is 4.99. The molecule has 4 rings (SSSR count). The molecule has 2 aliphatic carbocycles. The van der Waals surface area contributed by atoms with Gasteiger partial charge in [-0.05, 0) is 31.2 Å². The number of carbonyl (C=O) groups excluding carboxylic acids is 1. The summed E-state index contributed by atoms with van der Waals surface area (Å²) in [5.41, 5.74) is 0.900. The Labute approximate surface area is 150 Å². The average Bonchev–Trinajstić information content (AvgIpc) is 2.89. The standard InChI is InChI=1S/C19H21N3O4/c1-5-26-16(23)19-9-8-18(4,17(19,2)3)14-15(19)21-13-10-11(22(24)25)6-7-12(13)20-14/h6-7,10H,5,8-9H2,1-4H3. The molecule has 0 spiro atoms. The van der Waals surface area contributed by atoms with Crippen molar-refractivity contribution in [2.75, 3.05) is 6.61 Å². The Kier molecular flexibility index (Phi) is 3.24. The molecule has 136 valence electrons. The minimum Gasteiger partial charge on any atom is -0.465 e. The third-order valence-corrected chi connectivity index (χ3v) is 6.86. The lowest BCUT2D eigenvalue weighted by Crippen LogP contribution is -2.46. The maximum Gasteiger partial charge on any atom is 0.318 e. The fourth-order valence-electron chi connectivity index (χ4n) is 4.91. The number of ether oxygens (including phenoxy) is 1. The molecule has 1 fully saturated rings. The quantitative estimate of drug-likeness (QED) is 0.475. The number of hydrogen-bond acceptors (Lipinski definition) is 6. The fourth-order valence-corrected chi connectivity index (χ4v) is 4.91. The van der Waals surface area contributed by atoms with Gasteiger partial charge in [-0.25, -0.2) is 9.97 Å². The molecule has 7 nitrogen and oxygen atoms in total. The fraction of sp³-hybridized carbons (Fsp3) is 0.526. The smallest absolute Gasteiger partial charge is 0.318 e. The molecule has 1 saturated carbocycles. The van der Waals surface area contributed by atoms with Crippen LogP contribution in [0.5, 0.6) is 0 Å². The zero-order valence-electron chi connectivity index (χ0n) is 15.3. The molecule has 0 saturated heterocycles. The number of nitro groups is 1. The Morgan fingerprint density at radius 3 is 2.54 bits per heavy atom. The first-order chi connectivity index (χ1) is 12.2. The maximum absolute atomic E-state index is 13.1. The summed E-state index contributed by atoms with van der Waals surface area (Å²) in [6.07, 6.45) is 1.48. The molecule has 2 bridgehead atoms. The van der Waals surface area contributed by atoms with Crippen molar-refractivity contribution in [2.45, 2.75) is 51.4 Å². The number of esters is 1. The Balaban J connectivity index is 2.03. The van der Waals surface area contributed by atoms with Gasteiger partial charge in [0.05, 0.1) is 34.0 Å². The highest BCUT2D eigenvalue weighted by Gasteiger charge is 2.74. The lowest BCUT2D eigenvalue weighted by molar-refractivity contribution is -0.384. The van der Waals surface area contributed by atoms with Gasteiger partial charge in [-0.15, -0.1) is 0 Å². The van der Waals surface area contributed by atoms with Gasteiger partial charge in [0.25, 0.3) is 5.69 Å². The number of nitrogens with zero attached hydrogens (tertiary/aromatic N) is 3. The summed E-state index contributed by atoms with van der Waals surface area (Å²) in [6.45, 7) is 8.38. The van der Waals surface area contributed by atoms with Crippen LogP contribution in [0.2, 0.25) is 0 Å². The highest BCUT2D eigenvalue weighted by atomic mass is 16.6. The summed E-state index contributed by atoms with van der Waals surface area (Å²) in [7, 11) is 0. The molecule has 0 N–H and O–H groups in total. The van der Waals surface area contributed by atoms with Gasteiger partial charge in [-0.3, -0.25) is 14.9 Å². The van der Waals surface area contributed by atoms with Gasteiger partial charge in [0, 0.05) is 17.5 Å². The van der Waals surface area contributed by atoms with E-state index in [1.165, 1.54) is 12.1 Å². The highest BCUT2D eigenvalue weighted by Crippen LogP contribution is 2.70. The van der Waals surface area contributed by atoms with Crippen LogP contribution >= 0.6 is 0 Å². The average molecular weight is 355 g/mol. The molecule has 26 heavy (non-hydrogen) atoms. The topological polar surface area (TPSA) is 95.2 Å². The van der Waals surface area contributed by atoms with E-state index in [0.29, 0.717) is 29.8 Å². The Morgan fingerprint density at radius 1 is 1.19 bits per heavy atom. The number of non-ortho nitro benzene ring substituents is 1. The molecule has 1 aromatic carbocycles. The number of nitro benzene ring substituents is 1. The lowest BCUT2D eigenvalue weighted by atomic mass is 9.64. The molecule has 2 unspecified atom stereocenters. The molecule has 1 heterocycles. The second-order valence-electron chi connectivity index (χ2n) is 7.93. The van der Waals surface area contributed by atoms with Crippen LogP contribution in [0.15, 0.2) is 18.2 Å². The second-order valence-corrected chi connectivity index (χ2v) is 7.93. The minimum absolute atomic E-state index is 0.0365. The summed E-state index contributed by atoms with van der Waals surface area (Å²) in [4.78, 5) is 33.2. The largest absolute Gasteiger partial charge is 0.465 e. The van der Waals surface area contributed by atoms with Crippen LogP contribution in [0.1, 0.15) is 51.9 Å². The van der Waals surface area contributed by atoms with E-state index in [1.54, 1.807) is 13.0 Å². The molecule has 0 amide bonds. The third-order valence-electron chi connectivity index (χ3n) is 6.86. The van der Waals surface area contributed by atoms with Crippen molar-refractivity contribution in [3.05, 3.63) is 39.7 Å². The van der Waals surface area contributed by atoms with Crippen LogP contribution in [0, 0.1) is 15.5 Å². The van der Waals surface area contributed by atoms with Gasteiger partial charge >= 0.3 is 5.97 Å². The SMILES string of the molecule is CCOC(=O)C12CCC(C)(c3nc4ccc([N+](=O)[O-])cc4nc31)C2(C)C. The van der Waals surface area contributed by atoms with Gasteiger partial charge < -0.3 is 4.74 Å². The van der Waals surface area contributed by atoms with Crippen LogP contribution < -0.4 is 0 Å². The van der Waals surface area contributed by atoms with Crippen LogP contribution in [-0.4, -0.2) is 27.5 Å². The van der Waals surface area contributed by atoms with Gasteiger partial charge in [0.1, 0.15) is 5.41 Å². The lowest BCUT2D eigenvalue weighted by Gasteiger charge is -2.38. The van der Waals surface area contributed by atoms with Gasteiger partial charge in [-0.2, -0.15) is 0 Å². The zero-order chi connectivity index (χ0) is 18.9. The molecule has 7 heteroatoms. The highest BCUT2D eigenvalue weighted by molar-refractivity contribution is 5.89. The van der Waals surface area contributed by atoms with Gasteiger partial charge in [0.15, 0.2) is 0 Å². The predicted molar refractivity (Wildman–Crippen MR) is 94.9 cm³/mol. The van der Waals surface area contributed by atoms with Crippen molar-refractivity contribution in [1.29, 1.82) is 0 Å². The van der Waals surface area contributed by atoms with E-state index in [-0.39, 0.29) is 17.1 Å². The number of hydrogen-bond donors (Lipinski definition) is 0. The number of benzene rings is 1. The number of fused-ring (bicyclic) bond motifs is 6. The Bertz CT molecular complexity index is 971. The van der Waals surface area contributed by atoms with E-state index in [4.69, 9.17) is 14.7 Å². The summed E-state index contributed by atoms with van der Waals surface area (Å²) in [5, 5.41) is 11.1. The first-order valence-electron chi connectivity index (χ1n) is 8.83. The van der Waals surface area contributed by atoms with E-state index < -0.39 is 15.8 Å². The van der Waals surface area contributed by atoms with E-state index in [2.05, 4.69) is 20.8 Å². The van der Waals surface area contributed by atoms with E-state index in [9.17, 15) is 14.9 Å². The molecule has 2 atom stereocenters. The molecular weight excluding hydrogens is 334 g/mol. The first-order valence-corrected chi connectivity index (χ1v) is 8.83. The van der Waals surface area contributed by atoms with Crippen LogP contribution in [0.25, 0.3) is 11.0 Å². The number of rotatable bonds is 3. The molecule has 0 radical (unpaired) electrons. The summed E-state index contributed by atoms with van der Waals surface area (Å²) >= 11 is 0. The Morgan fingerprint density at radius 2 is 1.88 bits per heavy atom. The van der Waals surface area contributed by atoms with E-state index >= 15 is 0 Å². The van der Waals surface area contributed by atoms with Crippen molar-refractivity contribution in [3.8, 4) is 0 Å². The summed E-state index contributed by atoms with van der Waals surface area (Å²) in [6, 6.07) is 4.48. The van der Waals surface area contributed by atoms with Crippen molar-refractivity contribution in [2.24, 2.45) is 5.41 Å². The molecule has 0 aliphatic heterocycles. The minimum atomic E-state index is -0.862. The molecule has 2 aliphatic rings. The summed E-state index contributed by atoms with van der Waals surface area (Å²) < 4.78 is 5.44. The first kappa shape index (κ1) is 16.9. The van der Waals surface area contributed by atoms with Crippen LogP contribution in [0.3, 0.4) is 0 Å². The molecule has 2 aromatic rings. The zero-order valence-corrected chi connectivity index (χ0v) is 15.3. The Hall–Kier alpha value is -2.57. The number of aromatic nitrogens is 2. The number of carbonyl (C=O) groups is 1. The van der Waals surface area contributed by atoms with Crippen LogP contribution in [-0.2, 0) is 20.4 Å². The van der Waals surface area contributed by atoms with Gasteiger partial charge in [-0.1, -0.05) is 20.8 Å². The molecule has 1 aromatic heterocycles. The molecular formula is C19H21N3O4. The monoisotopic (exact) mass is 355 g/mol. The van der Waals surface area contributed by atoms with E-state index in [1.807, 2.05) is 0 Å². The normalized spacial score (nSPS) is 28.2. The predicted octanol–water partition coefficient (Wildman–Crippen LogP) is 3.43. The van der Waals surface area contributed by atoms with Crippen molar-refractivity contribution < 1.29 is 14.5 Å². The van der Waals surface area contributed by atoms with E-state index in [0.717, 1.165) is 12.1 Å². The summed E-state index contributed by atoms with van der Waals surface area (Å²) in [5.74, 6) is -0.272. The van der Waals surface area contributed by atoms with Crippen LogP contribution in [0.4, 0.5) is 5.69 Å². The third kappa shape index (κ3) is 1.70.